The monoisotopic (exact) mass is 495 g/mol. The predicted octanol–water partition coefficient (Wildman–Crippen LogP) is 2.10. The fourth-order valence-electron chi connectivity index (χ4n) is 5.53. The standard InChI is InChI=1S/C27H37N5O4/c1-2-3-12-31(13-10-28)25(33)17-32-16-22(19-4-7-24-20(15-19)9-14-36-24)26(27(34)35)23(32)6-5-21-8-11-29-18-30-21/h4,7-8,11,15,18,22-23,26H,2-3,5-6,9-10,12-14,16-17,28H2,1H3,(H,34,35)/t22-,23+,26-/m1/s1. The van der Waals surface area contributed by atoms with Crippen LogP contribution in [0.5, 0.6) is 5.75 Å². The van der Waals surface area contributed by atoms with Crippen molar-refractivity contribution in [1.82, 2.24) is 19.8 Å². The summed E-state index contributed by atoms with van der Waals surface area (Å²) in [6, 6.07) is 7.60. The molecular formula is C27H37N5O4. The summed E-state index contributed by atoms with van der Waals surface area (Å²) in [6.07, 6.45) is 7.16. The molecule has 1 fully saturated rings. The summed E-state index contributed by atoms with van der Waals surface area (Å²) < 4.78 is 5.66. The average molecular weight is 496 g/mol. The van der Waals surface area contributed by atoms with Crippen LogP contribution in [0.3, 0.4) is 0 Å². The van der Waals surface area contributed by atoms with Gasteiger partial charge >= 0.3 is 5.97 Å². The first-order valence-electron chi connectivity index (χ1n) is 13.0. The van der Waals surface area contributed by atoms with Gasteiger partial charge in [0.1, 0.15) is 12.1 Å². The number of likely N-dealkylation sites (tertiary alicyclic amines) is 1. The van der Waals surface area contributed by atoms with Crippen LogP contribution in [0.2, 0.25) is 0 Å². The Bertz CT molecular complexity index is 1030. The van der Waals surface area contributed by atoms with Crippen molar-refractivity contribution in [2.75, 3.05) is 39.3 Å². The molecule has 2 aliphatic rings. The van der Waals surface area contributed by atoms with Gasteiger partial charge in [-0.25, -0.2) is 9.97 Å². The van der Waals surface area contributed by atoms with E-state index in [0.717, 1.165) is 41.8 Å². The number of rotatable bonds is 12. The lowest BCUT2D eigenvalue weighted by molar-refractivity contribution is -0.143. The molecule has 3 atom stereocenters. The molecule has 1 aromatic carbocycles. The Morgan fingerprint density at radius 3 is 2.86 bits per heavy atom. The average Bonchev–Trinajstić information content (AvgIpc) is 3.50. The molecule has 0 saturated carbocycles. The van der Waals surface area contributed by atoms with Gasteiger partial charge in [0.2, 0.25) is 5.91 Å². The molecular weight excluding hydrogens is 458 g/mol. The van der Waals surface area contributed by atoms with Crippen LogP contribution in [0, 0.1) is 5.92 Å². The number of benzene rings is 1. The Hall–Kier alpha value is -3.04. The van der Waals surface area contributed by atoms with Gasteiger partial charge in [-0.3, -0.25) is 14.5 Å². The third-order valence-electron chi connectivity index (χ3n) is 7.39. The van der Waals surface area contributed by atoms with Crippen molar-refractivity contribution in [1.29, 1.82) is 0 Å². The van der Waals surface area contributed by atoms with E-state index in [-0.39, 0.29) is 24.4 Å². The van der Waals surface area contributed by atoms with Crippen molar-refractivity contribution >= 4 is 11.9 Å². The maximum atomic E-state index is 13.3. The van der Waals surface area contributed by atoms with Crippen molar-refractivity contribution in [2.24, 2.45) is 11.7 Å². The first kappa shape index (κ1) is 26.0. The van der Waals surface area contributed by atoms with Gasteiger partial charge in [0.15, 0.2) is 0 Å². The quantitative estimate of drug-likeness (QED) is 0.459. The number of aryl methyl sites for hydroxylation is 1. The summed E-state index contributed by atoms with van der Waals surface area (Å²) in [5.41, 5.74) is 8.77. The highest BCUT2D eigenvalue weighted by Gasteiger charge is 2.47. The lowest BCUT2D eigenvalue weighted by Gasteiger charge is -2.29. The Kier molecular flexibility index (Phi) is 8.88. The molecule has 1 amide bonds. The molecule has 0 bridgehead atoms. The number of unbranched alkanes of at least 4 members (excludes halogenated alkanes) is 1. The van der Waals surface area contributed by atoms with Gasteiger partial charge in [0.05, 0.1) is 19.1 Å². The van der Waals surface area contributed by atoms with Gasteiger partial charge < -0.3 is 20.5 Å². The van der Waals surface area contributed by atoms with E-state index in [1.165, 1.54) is 6.33 Å². The number of aliphatic carboxylic acids is 1. The van der Waals surface area contributed by atoms with Crippen LogP contribution >= 0.6 is 0 Å². The number of carbonyl (C=O) groups excluding carboxylic acids is 1. The van der Waals surface area contributed by atoms with Crippen LogP contribution in [-0.2, 0) is 22.4 Å². The minimum absolute atomic E-state index is 0.00748. The van der Waals surface area contributed by atoms with E-state index < -0.39 is 11.9 Å². The Morgan fingerprint density at radius 1 is 1.28 bits per heavy atom. The number of ether oxygens (including phenoxy) is 1. The Morgan fingerprint density at radius 2 is 2.14 bits per heavy atom. The number of carboxylic acid groups (broad SMARTS) is 1. The highest BCUT2D eigenvalue weighted by Crippen LogP contribution is 2.41. The van der Waals surface area contributed by atoms with Gasteiger partial charge in [-0.15, -0.1) is 0 Å². The molecule has 194 valence electrons. The van der Waals surface area contributed by atoms with Crippen LogP contribution in [0.4, 0.5) is 0 Å². The first-order chi connectivity index (χ1) is 17.5. The number of carboxylic acids is 1. The SMILES string of the molecule is CCCCN(CCN)C(=O)CN1C[C@H](c2ccc3c(c2)CCO3)[C@@H](C(=O)O)[C@@H]1CCc1ccncn1. The summed E-state index contributed by atoms with van der Waals surface area (Å²) >= 11 is 0. The summed E-state index contributed by atoms with van der Waals surface area (Å²) in [4.78, 5) is 38.2. The zero-order chi connectivity index (χ0) is 25.5. The minimum Gasteiger partial charge on any atom is -0.493 e. The molecule has 3 N–H and O–H groups in total. The second kappa shape index (κ2) is 12.3. The number of amides is 1. The van der Waals surface area contributed by atoms with Crippen molar-refractivity contribution in [3.63, 3.8) is 0 Å². The number of hydrogen-bond acceptors (Lipinski definition) is 7. The fourth-order valence-corrected chi connectivity index (χ4v) is 5.53. The lowest BCUT2D eigenvalue weighted by atomic mass is 9.83. The second-order valence-electron chi connectivity index (χ2n) is 9.70. The number of nitrogens with two attached hydrogens (primary N) is 1. The van der Waals surface area contributed by atoms with Gasteiger partial charge in [-0.2, -0.15) is 0 Å². The summed E-state index contributed by atoms with van der Waals surface area (Å²) in [5.74, 6) is -0.782. The van der Waals surface area contributed by atoms with Crippen LogP contribution in [0.1, 0.15) is 48.9 Å². The smallest absolute Gasteiger partial charge is 0.308 e. The van der Waals surface area contributed by atoms with Crippen LogP contribution < -0.4 is 10.5 Å². The zero-order valence-electron chi connectivity index (χ0n) is 21.0. The molecule has 0 aliphatic carbocycles. The fraction of sp³-hybridized carbons (Fsp3) is 0.556. The van der Waals surface area contributed by atoms with Crippen molar-refractivity contribution in [3.05, 3.63) is 53.6 Å². The minimum atomic E-state index is -0.829. The topological polar surface area (TPSA) is 122 Å². The number of carbonyl (C=O) groups is 2. The van der Waals surface area contributed by atoms with Gasteiger partial charge in [0, 0.05) is 56.5 Å². The predicted molar refractivity (Wildman–Crippen MR) is 136 cm³/mol. The van der Waals surface area contributed by atoms with E-state index in [1.807, 2.05) is 23.1 Å². The molecule has 4 rings (SSSR count). The molecule has 1 saturated heterocycles. The molecule has 3 heterocycles. The number of hydrogen-bond donors (Lipinski definition) is 2. The van der Waals surface area contributed by atoms with E-state index in [9.17, 15) is 14.7 Å². The highest BCUT2D eigenvalue weighted by molar-refractivity contribution is 5.79. The molecule has 0 unspecified atom stereocenters. The van der Waals surface area contributed by atoms with Crippen LogP contribution in [-0.4, -0.2) is 82.1 Å². The summed E-state index contributed by atoms with van der Waals surface area (Å²) in [6.45, 7) is 5.04. The van der Waals surface area contributed by atoms with Gasteiger partial charge in [-0.05, 0) is 42.5 Å². The summed E-state index contributed by atoms with van der Waals surface area (Å²) in [5, 5.41) is 10.4. The highest BCUT2D eigenvalue weighted by atomic mass is 16.5. The molecule has 9 nitrogen and oxygen atoms in total. The van der Waals surface area contributed by atoms with Crippen molar-refractivity contribution < 1.29 is 19.4 Å². The third-order valence-corrected chi connectivity index (χ3v) is 7.39. The molecule has 1 aromatic heterocycles. The Labute approximate surface area is 212 Å². The number of aromatic nitrogens is 2. The molecule has 2 aliphatic heterocycles. The summed E-state index contributed by atoms with van der Waals surface area (Å²) in [7, 11) is 0. The van der Waals surface area contributed by atoms with Crippen molar-refractivity contribution in [2.45, 2.75) is 51.0 Å². The maximum absolute atomic E-state index is 13.3. The normalized spacial score (nSPS) is 21.2. The molecule has 0 radical (unpaired) electrons. The van der Waals surface area contributed by atoms with E-state index in [2.05, 4.69) is 27.9 Å². The van der Waals surface area contributed by atoms with Crippen molar-refractivity contribution in [3.8, 4) is 5.75 Å². The van der Waals surface area contributed by atoms with Crippen LogP contribution in [0.25, 0.3) is 0 Å². The molecule has 36 heavy (non-hydrogen) atoms. The van der Waals surface area contributed by atoms with E-state index in [1.54, 1.807) is 6.20 Å². The largest absolute Gasteiger partial charge is 0.493 e. The first-order valence-corrected chi connectivity index (χ1v) is 13.0. The van der Waals surface area contributed by atoms with Gasteiger partial charge in [-0.1, -0.05) is 25.5 Å². The molecule has 0 spiro atoms. The maximum Gasteiger partial charge on any atom is 0.308 e. The van der Waals surface area contributed by atoms with Crippen LogP contribution in [0.15, 0.2) is 36.8 Å². The van der Waals surface area contributed by atoms with E-state index >= 15 is 0 Å². The number of nitrogens with zero attached hydrogens (tertiary/aromatic N) is 4. The third kappa shape index (κ3) is 6.02. The van der Waals surface area contributed by atoms with E-state index in [4.69, 9.17) is 10.5 Å². The zero-order valence-corrected chi connectivity index (χ0v) is 21.0. The molecule has 9 heteroatoms. The molecule has 2 aromatic rings. The van der Waals surface area contributed by atoms with Gasteiger partial charge in [0.25, 0.3) is 0 Å². The Balaban J connectivity index is 1.59. The van der Waals surface area contributed by atoms with E-state index in [0.29, 0.717) is 45.6 Å². The second-order valence-corrected chi connectivity index (χ2v) is 9.70. The lowest BCUT2D eigenvalue weighted by Crippen LogP contribution is -2.45. The number of fused-ring (bicyclic) bond motifs is 1.